The van der Waals surface area contributed by atoms with Crippen molar-refractivity contribution in [3.8, 4) is 16.9 Å². The Hall–Kier alpha value is -2.65. The maximum Gasteiger partial charge on any atom is 0.435 e. The molecule has 2 N–H and O–H groups in total. The number of rotatable bonds is 4. The zero-order chi connectivity index (χ0) is 20.7. The molecule has 0 bridgehead atoms. The van der Waals surface area contributed by atoms with Crippen LogP contribution in [0.1, 0.15) is 23.7 Å². The Kier molecular flexibility index (Phi) is 5.07. The van der Waals surface area contributed by atoms with E-state index in [4.69, 9.17) is 5.14 Å². The smallest absolute Gasteiger partial charge is 0.231 e. The molecule has 2 aromatic carbocycles. The number of sulfonamides is 1. The van der Waals surface area contributed by atoms with Gasteiger partial charge in [-0.1, -0.05) is 48.9 Å². The second-order valence-electron chi connectivity index (χ2n) is 6.32. The summed E-state index contributed by atoms with van der Waals surface area (Å²) in [5.74, 6) is 0. The number of nitrogens with zero attached hydrogens (tertiary/aromatic N) is 2. The van der Waals surface area contributed by atoms with Crippen molar-refractivity contribution in [3.05, 3.63) is 65.4 Å². The Morgan fingerprint density at radius 2 is 1.68 bits per heavy atom. The van der Waals surface area contributed by atoms with Gasteiger partial charge in [-0.2, -0.15) is 18.3 Å². The lowest BCUT2D eigenvalue weighted by molar-refractivity contribution is -0.141. The van der Waals surface area contributed by atoms with E-state index in [2.05, 4.69) is 5.10 Å². The van der Waals surface area contributed by atoms with Crippen molar-refractivity contribution >= 4 is 10.0 Å². The Morgan fingerprint density at radius 1 is 1.07 bits per heavy atom. The SMILES string of the molecule is CCc1c(C(F)(F)F)nn(-c2ccccc2S(N)(=O)=O)c1-c1ccc(C)cc1. The predicted octanol–water partition coefficient (Wildman–Crippen LogP) is 4.08. The first kappa shape index (κ1) is 20.1. The van der Waals surface area contributed by atoms with Gasteiger partial charge in [0.2, 0.25) is 10.0 Å². The molecular formula is C19H18F3N3O2S. The molecule has 0 aliphatic carbocycles. The summed E-state index contributed by atoms with van der Waals surface area (Å²) in [6, 6.07) is 12.5. The lowest BCUT2D eigenvalue weighted by Gasteiger charge is -2.13. The molecule has 3 rings (SSSR count). The van der Waals surface area contributed by atoms with Gasteiger partial charge in [0.15, 0.2) is 5.69 Å². The highest BCUT2D eigenvalue weighted by Gasteiger charge is 2.39. The number of alkyl halides is 3. The van der Waals surface area contributed by atoms with E-state index in [1.807, 2.05) is 6.92 Å². The third kappa shape index (κ3) is 3.67. The first-order chi connectivity index (χ1) is 13.0. The molecule has 0 fully saturated rings. The van der Waals surface area contributed by atoms with E-state index < -0.39 is 21.9 Å². The number of para-hydroxylation sites is 1. The molecule has 0 spiro atoms. The second kappa shape index (κ2) is 7.06. The minimum Gasteiger partial charge on any atom is -0.231 e. The fourth-order valence-corrected chi connectivity index (χ4v) is 3.78. The average molecular weight is 409 g/mol. The normalized spacial score (nSPS) is 12.4. The molecular weight excluding hydrogens is 391 g/mol. The van der Waals surface area contributed by atoms with Crippen LogP contribution < -0.4 is 5.14 Å². The van der Waals surface area contributed by atoms with Crippen LogP contribution in [0.4, 0.5) is 13.2 Å². The number of aromatic nitrogens is 2. The third-order valence-electron chi connectivity index (χ3n) is 4.33. The van der Waals surface area contributed by atoms with E-state index in [-0.39, 0.29) is 28.3 Å². The van der Waals surface area contributed by atoms with Crippen molar-refractivity contribution in [2.45, 2.75) is 31.3 Å². The molecule has 0 atom stereocenters. The fourth-order valence-electron chi connectivity index (χ4n) is 3.07. The van der Waals surface area contributed by atoms with Gasteiger partial charge in [0.25, 0.3) is 0 Å². The van der Waals surface area contributed by atoms with Crippen LogP contribution in [-0.2, 0) is 22.6 Å². The number of nitrogens with two attached hydrogens (primary N) is 1. The largest absolute Gasteiger partial charge is 0.435 e. The molecule has 1 aromatic heterocycles. The lowest BCUT2D eigenvalue weighted by atomic mass is 10.0. The van der Waals surface area contributed by atoms with Crippen molar-refractivity contribution in [1.29, 1.82) is 0 Å². The highest BCUT2D eigenvalue weighted by Crippen LogP contribution is 2.38. The number of primary sulfonamides is 1. The molecule has 28 heavy (non-hydrogen) atoms. The average Bonchev–Trinajstić information content (AvgIpc) is 3.01. The Morgan fingerprint density at radius 3 is 2.21 bits per heavy atom. The molecule has 0 saturated heterocycles. The van der Waals surface area contributed by atoms with Crippen LogP contribution in [0.2, 0.25) is 0 Å². The van der Waals surface area contributed by atoms with Crippen LogP contribution in [0.3, 0.4) is 0 Å². The third-order valence-corrected chi connectivity index (χ3v) is 5.29. The van der Waals surface area contributed by atoms with E-state index in [9.17, 15) is 21.6 Å². The number of halogens is 3. The van der Waals surface area contributed by atoms with Gasteiger partial charge in [0.1, 0.15) is 4.90 Å². The molecule has 0 unspecified atom stereocenters. The second-order valence-corrected chi connectivity index (χ2v) is 7.85. The van der Waals surface area contributed by atoms with Crippen LogP contribution >= 0.6 is 0 Å². The van der Waals surface area contributed by atoms with E-state index in [1.54, 1.807) is 31.2 Å². The van der Waals surface area contributed by atoms with Crippen LogP contribution in [0.25, 0.3) is 16.9 Å². The molecule has 0 aliphatic heterocycles. The van der Waals surface area contributed by atoms with Crippen LogP contribution in [0.5, 0.6) is 0 Å². The molecule has 0 saturated carbocycles. The molecule has 0 aliphatic rings. The molecule has 148 valence electrons. The Balaban J connectivity index is 2.43. The first-order valence-corrected chi connectivity index (χ1v) is 9.97. The summed E-state index contributed by atoms with van der Waals surface area (Å²) in [4.78, 5) is -0.303. The quantitative estimate of drug-likeness (QED) is 0.705. The highest BCUT2D eigenvalue weighted by atomic mass is 32.2. The van der Waals surface area contributed by atoms with Crippen molar-refractivity contribution < 1.29 is 21.6 Å². The Bertz CT molecular complexity index is 1120. The minimum absolute atomic E-state index is 0.0134. The monoisotopic (exact) mass is 409 g/mol. The maximum absolute atomic E-state index is 13.6. The zero-order valence-electron chi connectivity index (χ0n) is 15.2. The molecule has 1 heterocycles. The van der Waals surface area contributed by atoms with E-state index in [0.717, 1.165) is 10.2 Å². The summed E-state index contributed by atoms with van der Waals surface area (Å²) in [6.45, 7) is 3.46. The summed E-state index contributed by atoms with van der Waals surface area (Å²) in [5, 5.41) is 9.04. The molecule has 0 amide bonds. The highest BCUT2D eigenvalue weighted by molar-refractivity contribution is 7.89. The molecule has 3 aromatic rings. The van der Waals surface area contributed by atoms with Crippen LogP contribution in [-0.4, -0.2) is 18.2 Å². The van der Waals surface area contributed by atoms with Gasteiger partial charge in [0.05, 0.1) is 11.4 Å². The topological polar surface area (TPSA) is 78.0 Å². The van der Waals surface area contributed by atoms with Crippen LogP contribution in [0.15, 0.2) is 53.4 Å². The van der Waals surface area contributed by atoms with Gasteiger partial charge in [-0.15, -0.1) is 0 Å². The van der Waals surface area contributed by atoms with Crippen molar-refractivity contribution in [2.24, 2.45) is 5.14 Å². The van der Waals surface area contributed by atoms with Gasteiger partial charge in [-0.25, -0.2) is 18.2 Å². The lowest BCUT2D eigenvalue weighted by Crippen LogP contribution is -2.16. The summed E-state index contributed by atoms with van der Waals surface area (Å²) in [7, 11) is -4.18. The summed E-state index contributed by atoms with van der Waals surface area (Å²) < 4.78 is 65.9. The van der Waals surface area contributed by atoms with E-state index in [1.165, 1.54) is 24.3 Å². The van der Waals surface area contributed by atoms with E-state index in [0.29, 0.717) is 5.56 Å². The number of hydrogen-bond acceptors (Lipinski definition) is 3. The fraction of sp³-hybridized carbons (Fsp3) is 0.211. The molecule has 5 nitrogen and oxygen atoms in total. The summed E-state index contributed by atoms with van der Waals surface area (Å²) >= 11 is 0. The first-order valence-electron chi connectivity index (χ1n) is 8.42. The predicted molar refractivity (Wildman–Crippen MR) is 99.5 cm³/mol. The number of hydrogen-bond donors (Lipinski definition) is 1. The van der Waals surface area contributed by atoms with Crippen molar-refractivity contribution in [1.82, 2.24) is 9.78 Å². The summed E-state index contributed by atoms with van der Waals surface area (Å²) in [6.07, 6.45) is -4.62. The van der Waals surface area contributed by atoms with Gasteiger partial charge >= 0.3 is 6.18 Å². The minimum atomic E-state index is -4.69. The van der Waals surface area contributed by atoms with Gasteiger partial charge < -0.3 is 0 Å². The van der Waals surface area contributed by atoms with Crippen LogP contribution in [0, 0.1) is 6.92 Å². The van der Waals surface area contributed by atoms with Crippen molar-refractivity contribution in [3.63, 3.8) is 0 Å². The molecule has 0 radical (unpaired) electrons. The Labute approximate surface area is 160 Å². The number of aryl methyl sites for hydroxylation is 1. The summed E-state index contributed by atoms with van der Waals surface area (Å²) in [5.41, 5.74) is 0.524. The van der Waals surface area contributed by atoms with Gasteiger partial charge in [0, 0.05) is 11.1 Å². The van der Waals surface area contributed by atoms with Crippen molar-refractivity contribution in [2.75, 3.05) is 0 Å². The van der Waals surface area contributed by atoms with Gasteiger partial charge in [-0.05, 0) is 25.5 Å². The maximum atomic E-state index is 13.6. The zero-order valence-corrected chi connectivity index (χ0v) is 16.0. The van der Waals surface area contributed by atoms with E-state index >= 15 is 0 Å². The standard InChI is InChI=1S/C19H18F3N3O2S/c1-3-14-17(13-10-8-12(2)9-11-13)25(24-18(14)19(20,21)22)15-6-4-5-7-16(15)28(23,26)27/h4-11H,3H2,1-2H3,(H2,23,26,27). The molecule has 9 heteroatoms. The number of benzene rings is 2. The van der Waals surface area contributed by atoms with Gasteiger partial charge in [-0.3, -0.25) is 0 Å².